The van der Waals surface area contributed by atoms with Crippen molar-refractivity contribution in [1.29, 1.82) is 0 Å². The van der Waals surface area contributed by atoms with E-state index in [1.165, 1.54) is 5.56 Å². The van der Waals surface area contributed by atoms with Crippen LogP contribution in [0.1, 0.15) is 31.7 Å². The van der Waals surface area contributed by atoms with Crippen molar-refractivity contribution in [1.82, 2.24) is 5.32 Å². The average Bonchev–Trinajstić information content (AvgIpc) is 2.89. The Labute approximate surface area is 114 Å². The average molecular weight is 259 g/mol. The van der Waals surface area contributed by atoms with E-state index >= 15 is 0 Å². The zero-order valence-corrected chi connectivity index (χ0v) is 11.4. The van der Waals surface area contributed by atoms with E-state index in [0.29, 0.717) is 6.61 Å². The summed E-state index contributed by atoms with van der Waals surface area (Å²) in [5.41, 5.74) is 3.23. The standard InChI is InChI=1S/C16H21NO2/c1-2-19-16(18)14-9-6-10-15(14)17-12-11-13-7-4-3-5-8-13/h3-5,7-8,17H,2,6,9-12H2,1H3. The molecule has 0 fully saturated rings. The van der Waals surface area contributed by atoms with Crippen LogP contribution in [0.4, 0.5) is 0 Å². The number of nitrogens with one attached hydrogen (secondary N) is 1. The van der Waals surface area contributed by atoms with E-state index < -0.39 is 0 Å². The van der Waals surface area contributed by atoms with Gasteiger partial charge < -0.3 is 10.1 Å². The number of carbonyl (C=O) groups excluding carboxylic acids is 1. The van der Waals surface area contributed by atoms with Crippen molar-refractivity contribution in [3.63, 3.8) is 0 Å². The summed E-state index contributed by atoms with van der Waals surface area (Å²) in [6.07, 6.45) is 3.82. The SMILES string of the molecule is CCOC(=O)C1=C(NCCc2ccccc2)CCC1. The molecule has 1 aliphatic rings. The van der Waals surface area contributed by atoms with Crippen LogP contribution in [0.25, 0.3) is 0 Å². The molecule has 0 unspecified atom stereocenters. The normalized spacial score (nSPS) is 14.6. The van der Waals surface area contributed by atoms with Crippen molar-refractivity contribution in [2.24, 2.45) is 0 Å². The summed E-state index contributed by atoms with van der Waals surface area (Å²) in [4.78, 5) is 11.8. The van der Waals surface area contributed by atoms with E-state index in [-0.39, 0.29) is 5.97 Å². The molecule has 0 heterocycles. The molecule has 0 amide bonds. The summed E-state index contributed by atoms with van der Waals surface area (Å²) in [5, 5.41) is 3.40. The molecule has 3 nitrogen and oxygen atoms in total. The largest absolute Gasteiger partial charge is 0.463 e. The molecular formula is C16H21NO2. The van der Waals surface area contributed by atoms with E-state index in [9.17, 15) is 4.79 Å². The molecule has 2 rings (SSSR count). The second kappa shape index (κ2) is 6.98. The summed E-state index contributed by atoms with van der Waals surface area (Å²) >= 11 is 0. The third-order valence-corrected chi connectivity index (χ3v) is 3.33. The maximum absolute atomic E-state index is 11.8. The van der Waals surface area contributed by atoms with Gasteiger partial charge in [0.25, 0.3) is 0 Å². The first-order valence-corrected chi connectivity index (χ1v) is 6.98. The Morgan fingerprint density at radius 3 is 2.79 bits per heavy atom. The number of benzene rings is 1. The minimum Gasteiger partial charge on any atom is -0.463 e. The molecule has 0 atom stereocenters. The molecule has 0 bridgehead atoms. The zero-order chi connectivity index (χ0) is 13.5. The van der Waals surface area contributed by atoms with Crippen molar-refractivity contribution in [2.45, 2.75) is 32.6 Å². The lowest BCUT2D eigenvalue weighted by Crippen LogP contribution is -2.19. The van der Waals surface area contributed by atoms with Gasteiger partial charge in [-0.05, 0) is 38.2 Å². The Morgan fingerprint density at radius 2 is 2.05 bits per heavy atom. The Kier molecular flexibility index (Phi) is 5.01. The number of carbonyl (C=O) groups is 1. The van der Waals surface area contributed by atoms with Crippen molar-refractivity contribution < 1.29 is 9.53 Å². The number of hydrogen-bond donors (Lipinski definition) is 1. The monoisotopic (exact) mass is 259 g/mol. The fraction of sp³-hybridized carbons (Fsp3) is 0.438. The lowest BCUT2D eigenvalue weighted by atomic mass is 10.1. The number of ether oxygens (including phenoxy) is 1. The first kappa shape index (κ1) is 13.7. The van der Waals surface area contributed by atoms with Gasteiger partial charge in [-0.3, -0.25) is 0 Å². The maximum Gasteiger partial charge on any atom is 0.335 e. The minimum absolute atomic E-state index is 0.151. The minimum atomic E-state index is -0.151. The summed E-state index contributed by atoms with van der Waals surface area (Å²) < 4.78 is 5.08. The molecular weight excluding hydrogens is 238 g/mol. The van der Waals surface area contributed by atoms with Gasteiger partial charge >= 0.3 is 5.97 Å². The van der Waals surface area contributed by atoms with Crippen molar-refractivity contribution in [2.75, 3.05) is 13.2 Å². The van der Waals surface area contributed by atoms with Crippen LogP contribution in [0.15, 0.2) is 41.6 Å². The molecule has 19 heavy (non-hydrogen) atoms. The third-order valence-electron chi connectivity index (χ3n) is 3.33. The number of esters is 1. The van der Waals surface area contributed by atoms with Crippen LogP contribution >= 0.6 is 0 Å². The highest BCUT2D eigenvalue weighted by atomic mass is 16.5. The molecule has 1 aromatic carbocycles. The van der Waals surface area contributed by atoms with Gasteiger partial charge in [0.15, 0.2) is 0 Å². The van der Waals surface area contributed by atoms with E-state index in [2.05, 4.69) is 17.4 Å². The number of hydrogen-bond acceptors (Lipinski definition) is 3. The molecule has 1 aromatic rings. The predicted octanol–water partition coefficient (Wildman–Crippen LogP) is 2.82. The Balaban J connectivity index is 1.87. The Hall–Kier alpha value is -1.77. The second-order valence-electron chi connectivity index (χ2n) is 4.69. The smallest absolute Gasteiger partial charge is 0.335 e. The second-order valence-corrected chi connectivity index (χ2v) is 4.69. The van der Waals surface area contributed by atoms with Gasteiger partial charge in [0.05, 0.1) is 12.2 Å². The van der Waals surface area contributed by atoms with Gasteiger partial charge in [-0.15, -0.1) is 0 Å². The zero-order valence-electron chi connectivity index (χ0n) is 11.4. The van der Waals surface area contributed by atoms with Crippen LogP contribution in [-0.4, -0.2) is 19.1 Å². The van der Waals surface area contributed by atoms with E-state index in [0.717, 1.165) is 43.5 Å². The van der Waals surface area contributed by atoms with Gasteiger partial charge in [-0.2, -0.15) is 0 Å². The third kappa shape index (κ3) is 3.85. The molecule has 1 aliphatic carbocycles. The summed E-state index contributed by atoms with van der Waals surface area (Å²) in [5.74, 6) is -0.151. The first-order valence-electron chi connectivity index (χ1n) is 6.98. The van der Waals surface area contributed by atoms with Crippen LogP contribution < -0.4 is 5.32 Å². The van der Waals surface area contributed by atoms with E-state index in [1.54, 1.807) is 0 Å². The highest BCUT2D eigenvalue weighted by molar-refractivity contribution is 5.89. The first-order chi connectivity index (χ1) is 9.31. The molecule has 102 valence electrons. The molecule has 0 saturated heterocycles. The van der Waals surface area contributed by atoms with Crippen LogP contribution in [0.3, 0.4) is 0 Å². The molecule has 0 aromatic heterocycles. The molecule has 0 spiro atoms. The summed E-state index contributed by atoms with van der Waals surface area (Å²) in [6, 6.07) is 10.4. The maximum atomic E-state index is 11.8. The van der Waals surface area contributed by atoms with E-state index in [1.807, 2.05) is 25.1 Å². The highest BCUT2D eigenvalue weighted by Crippen LogP contribution is 2.25. The van der Waals surface area contributed by atoms with Gasteiger partial charge in [-0.25, -0.2) is 4.79 Å². The van der Waals surface area contributed by atoms with Gasteiger partial charge in [0, 0.05) is 12.2 Å². The summed E-state index contributed by atoms with van der Waals surface area (Å²) in [7, 11) is 0. The van der Waals surface area contributed by atoms with Crippen LogP contribution in [0, 0.1) is 0 Å². The molecule has 0 radical (unpaired) electrons. The number of allylic oxidation sites excluding steroid dienone is 1. The molecule has 0 aliphatic heterocycles. The predicted molar refractivity (Wildman–Crippen MR) is 75.7 cm³/mol. The molecule has 1 N–H and O–H groups in total. The van der Waals surface area contributed by atoms with Gasteiger partial charge in [0.2, 0.25) is 0 Å². The van der Waals surface area contributed by atoms with Crippen LogP contribution in [0.2, 0.25) is 0 Å². The van der Waals surface area contributed by atoms with E-state index in [4.69, 9.17) is 4.74 Å². The summed E-state index contributed by atoms with van der Waals surface area (Å²) in [6.45, 7) is 3.15. The Bertz CT molecular complexity index is 451. The molecule has 0 saturated carbocycles. The van der Waals surface area contributed by atoms with Crippen LogP contribution in [0.5, 0.6) is 0 Å². The fourth-order valence-corrected chi connectivity index (χ4v) is 2.38. The van der Waals surface area contributed by atoms with Crippen molar-refractivity contribution in [3.05, 3.63) is 47.2 Å². The fourth-order valence-electron chi connectivity index (χ4n) is 2.38. The van der Waals surface area contributed by atoms with Crippen LogP contribution in [-0.2, 0) is 16.0 Å². The quantitative estimate of drug-likeness (QED) is 0.798. The molecule has 3 heteroatoms. The van der Waals surface area contributed by atoms with Gasteiger partial charge in [0.1, 0.15) is 0 Å². The Morgan fingerprint density at radius 1 is 1.26 bits per heavy atom. The van der Waals surface area contributed by atoms with Crippen molar-refractivity contribution in [3.8, 4) is 0 Å². The number of rotatable bonds is 6. The highest BCUT2D eigenvalue weighted by Gasteiger charge is 2.21. The lowest BCUT2D eigenvalue weighted by Gasteiger charge is -2.10. The lowest BCUT2D eigenvalue weighted by molar-refractivity contribution is -0.138. The van der Waals surface area contributed by atoms with Crippen molar-refractivity contribution >= 4 is 5.97 Å². The topological polar surface area (TPSA) is 38.3 Å². The van der Waals surface area contributed by atoms with Gasteiger partial charge in [-0.1, -0.05) is 30.3 Å².